The van der Waals surface area contributed by atoms with E-state index in [2.05, 4.69) is 5.10 Å². The molecule has 0 radical (unpaired) electrons. The summed E-state index contributed by atoms with van der Waals surface area (Å²) in [4.78, 5) is 49.7. The Bertz CT molecular complexity index is 1290. The summed E-state index contributed by atoms with van der Waals surface area (Å²) in [5.74, 6) is -2.47. The topological polar surface area (TPSA) is 151 Å². The van der Waals surface area contributed by atoms with Crippen LogP contribution in [0.1, 0.15) is 31.1 Å². The Morgan fingerprint density at radius 1 is 1.31 bits per heavy atom. The van der Waals surface area contributed by atoms with Gasteiger partial charge in [-0.05, 0) is 17.7 Å². The molecule has 0 N–H and O–H groups in total. The minimum atomic E-state index is -1.56. The lowest BCUT2D eigenvalue weighted by atomic mass is 9.88. The number of nitro groups is 1. The summed E-state index contributed by atoms with van der Waals surface area (Å²) in [6, 6.07) is 5.50. The van der Waals surface area contributed by atoms with Crippen LogP contribution in [0.4, 0.5) is 5.69 Å². The number of benzene rings is 1. The van der Waals surface area contributed by atoms with Crippen LogP contribution in [0, 0.1) is 16.0 Å². The van der Waals surface area contributed by atoms with E-state index in [0.717, 1.165) is 11.8 Å². The number of non-ortho nitro benzene ring substituents is 1. The first-order valence-corrected chi connectivity index (χ1v) is 13.0. The molecule has 2 aliphatic heterocycles. The summed E-state index contributed by atoms with van der Waals surface area (Å²) in [6.45, 7) is 2.73. The molecule has 0 bridgehead atoms. The van der Waals surface area contributed by atoms with Gasteiger partial charge in [-0.2, -0.15) is 5.10 Å². The van der Waals surface area contributed by atoms with Gasteiger partial charge >= 0.3 is 11.9 Å². The normalized spacial score (nSPS) is 20.4. The minimum Gasteiger partial charge on any atom is -0.457 e. The predicted octanol–water partition coefficient (Wildman–Crippen LogP) is 2.14. The highest BCUT2D eigenvalue weighted by atomic mass is 32.2. The van der Waals surface area contributed by atoms with Gasteiger partial charge in [0, 0.05) is 43.6 Å². The van der Waals surface area contributed by atoms with E-state index < -0.39 is 51.0 Å². The summed E-state index contributed by atoms with van der Waals surface area (Å²) in [6.07, 6.45) is 2.21. The number of β-lactam (4-membered cyclic amide) rings is 1. The predicted molar refractivity (Wildman–Crippen MR) is 128 cm³/mol. The van der Waals surface area contributed by atoms with E-state index >= 15 is 0 Å². The van der Waals surface area contributed by atoms with Gasteiger partial charge < -0.3 is 9.47 Å². The van der Waals surface area contributed by atoms with Crippen molar-refractivity contribution in [3.63, 3.8) is 0 Å². The first-order valence-electron chi connectivity index (χ1n) is 10.8. The van der Waals surface area contributed by atoms with Gasteiger partial charge in [0.25, 0.3) is 5.69 Å². The van der Waals surface area contributed by atoms with Crippen LogP contribution in [-0.2, 0) is 48.3 Å². The molecule has 0 aliphatic carbocycles. The van der Waals surface area contributed by atoms with E-state index in [1.165, 1.54) is 47.0 Å². The minimum absolute atomic E-state index is 0.0962. The number of rotatable bonds is 9. The fourth-order valence-electron chi connectivity index (χ4n) is 3.91. The van der Waals surface area contributed by atoms with Crippen molar-refractivity contribution >= 4 is 46.1 Å². The molecular weight excluding hydrogens is 512 g/mol. The van der Waals surface area contributed by atoms with Crippen LogP contribution < -0.4 is 0 Å². The first kappa shape index (κ1) is 25.6. The lowest BCUT2D eigenvalue weighted by molar-refractivity contribution is -0.384. The van der Waals surface area contributed by atoms with Crippen molar-refractivity contribution in [2.24, 2.45) is 13.0 Å². The Labute approximate surface area is 212 Å². The zero-order valence-electron chi connectivity index (χ0n) is 19.5. The molecule has 4 atom stereocenters. The summed E-state index contributed by atoms with van der Waals surface area (Å²) in [5, 5.41) is 14.3. The van der Waals surface area contributed by atoms with Gasteiger partial charge in [-0.15, -0.1) is 0 Å². The third-order valence-electron chi connectivity index (χ3n) is 5.60. The number of hydrogen-bond donors (Lipinski definition) is 0. The third-order valence-corrected chi connectivity index (χ3v) is 8.73. The molecule has 1 fully saturated rings. The Morgan fingerprint density at radius 3 is 2.56 bits per heavy atom. The number of nitrogens with zero attached hydrogens (tertiary/aromatic N) is 4. The molecule has 12 nitrogen and oxygen atoms in total. The molecule has 4 unspecified atom stereocenters. The second kappa shape index (κ2) is 10.2. The number of aromatic nitrogens is 2. The van der Waals surface area contributed by atoms with Crippen molar-refractivity contribution in [1.29, 1.82) is 0 Å². The van der Waals surface area contributed by atoms with Gasteiger partial charge in [0.05, 0.1) is 21.9 Å². The van der Waals surface area contributed by atoms with Crippen LogP contribution in [0.3, 0.4) is 0 Å². The smallest absolute Gasteiger partial charge is 0.357 e. The van der Waals surface area contributed by atoms with Crippen molar-refractivity contribution in [1.82, 2.24) is 14.7 Å². The third kappa shape index (κ3) is 4.78. The maximum Gasteiger partial charge on any atom is 0.357 e. The van der Waals surface area contributed by atoms with E-state index in [1.54, 1.807) is 20.2 Å². The van der Waals surface area contributed by atoms with E-state index in [-0.39, 0.29) is 28.0 Å². The first-order chi connectivity index (χ1) is 17.1. The van der Waals surface area contributed by atoms with Crippen molar-refractivity contribution in [3.8, 4) is 0 Å². The molecule has 190 valence electrons. The van der Waals surface area contributed by atoms with Crippen molar-refractivity contribution < 1.29 is 33.0 Å². The maximum absolute atomic E-state index is 13.3. The van der Waals surface area contributed by atoms with Gasteiger partial charge in [-0.25, -0.2) is 4.79 Å². The van der Waals surface area contributed by atoms with Crippen molar-refractivity contribution in [2.45, 2.75) is 31.9 Å². The molecular formula is C22H22N4O8S2. The van der Waals surface area contributed by atoms with E-state index in [9.17, 15) is 28.7 Å². The van der Waals surface area contributed by atoms with E-state index in [1.807, 2.05) is 0 Å². The molecule has 1 aromatic carbocycles. The van der Waals surface area contributed by atoms with Gasteiger partial charge in [0.2, 0.25) is 5.91 Å². The van der Waals surface area contributed by atoms with Crippen LogP contribution in [0.5, 0.6) is 0 Å². The number of amides is 1. The number of ether oxygens (including phenoxy) is 2. The Hall–Kier alpha value is -3.52. The molecule has 0 spiro atoms. The van der Waals surface area contributed by atoms with Gasteiger partial charge in [-0.1, -0.05) is 18.7 Å². The highest BCUT2D eigenvalue weighted by molar-refractivity contribution is 8.17. The summed E-state index contributed by atoms with van der Waals surface area (Å²) in [5.41, 5.74) is 0.839. The van der Waals surface area contributed by atoms with Crippen LogP contribution in [0.15, 0.2) is 46.6 Å². The molecule has 2 aliphatic rings. The second-order valence-electron chi connectivity index (χ2n) is 7.99. The number of carbonyl (C=O) groups excluding carboxylic acids is 3. The molecule has 3 heterocycles. The molecule has 36 heavy (non-hydrogen) atoms. The van der Waals surface area contributed by atoms with Gasteiger partial charge in [-0.3, -0.25) is 33.5 Å². The van der Waals surface area contributed by atoms with Crippen LogP contribution in [0.2, 0.25) is 0 Å². The maximum atomic E-state index is 13.3. The molecule has 1 aromatic heterocycles. The number of hydrogen-bond acceptors (Lipinski definition) is 10. The summed E-state index contributed by atoms with van der Waals surface area (Å²) >= 11 is 1.12. The molecule has 1 saturated heterocycles. The summed E-state index contributed by atoms with van der Waals surface area (Å²) in [7, 11) is 0.135. The van der Waals surface area contributed by atoms with Crippen molar-refractivity contribution in [2.75, 3.05) is 5.75 Å². The lowest BCUT2D eigenvalue weighted by Crippen LogP contribution is -2.59. The molecule has 0 saturated carbocycles. The molecule has 4 rings (SSSR count). The van der Waals surface area contributed by atoms with Gasteiger partial charge in [0.15, 0.2) is 5.70 Å². The monoisotopic (exact) mass is 534 g/mol. The molecule has 2 aromatic rings. The number of esters is 2. The zero-order chi connectivity index (χ0) is 26.1. The van der Waals surface area contributed by atoms with Crippen molar-refractivity contribution in [3.05, 3.63) is 67.8 Å². The number of thioether (sulfide) groups is 1. The Morgan fingerprint density at radius 2 is 2.00 bits per heavy atom. The number of carbonyl (C=O) groups is 3. The largest absolute Gasteiger partial charge is 0.457 e. The van der Waals surface area contributed by atoms with E-state index in [4.69, 9.17) is 9.47 Å². The lowest BCUT2D eigenvalue weighted by Gasteiger charge is -2.45. The fraction of sp³-hybridized carbons (Fsp3) is 0.364. The average molecular weight is 535 g/mol. The fourth-order valence-corrected chi connectivity index (χ4v) is 6.88. The van der Waals surface area contributed by atoms with Crippen LogP contribution >= 0.6 is 11.8 Å². The Kier molecular flexibility index (Phi) is 7.26. The second-order valence-corrected chi connectivity index (χ2v) is 11.1. The SMILES string of the molecule is CCS(=O)C1=C(C(=O)OCc2ccc([N+](=O)[O-])cc2)N2C(=O)C(C(OC(C)=O)c3cnn(C)c3)C2S1. The van der Waals surface area contributed by atoms with Crippen LogP contribution in [-0.4, -0.2) is 52.8 Å². The van der Waals surface area contributed by atoms with Crippen LogP contribution in [0.25, 0.3) is 0 Å². The quantitative estimate of drug-likeness (QED) is 0.202. The molecule has 14 heteroatoms. The highest BCUT2D eigenvalue weighted by Crippen LogP contribution is 2.54. The number of aryl methyl sites for hydroxylation is 1. The highest BCUT2D eigenvalue weighted by Gasteiger charge is 2.61. The average Bonchev–Trinajstić information content (AvgIpc) is 3.43. The molecule has 1 amide bonds. The number of fused-ring (bicyclic) bond motifs is 1. The Balaban J connectivity index is 1.56. The standard InChI is InChI=1S/C22H22N4O8S2/c1-4-36(32)22-17(21(29)33-11-13-5-7-15(8-6-13)26(30)31)25-19(28)16(20(25)35-22)18(34-12(2)27)14-9-23-24(3)10-14/h5-10,16,18,20H,4,11H2,1-3H3. The van der Waals surface area contributed by atoms with Gasteiger partial charge in [0.1, 0.15) is 28.2 Å². The van der Waals surface area contributed by atoms with E-state index in [0.29, 0.717) is 11.1 Å². The summed E-state index contributed by atoms with van der Waals surface area (Å²) < 4.78 is 25.4. The zero-order valence-corrected chi connectivity index (χ0v) is 21.1. The number of nitro benzene ring substituents is 1.